The molecule has 4 rings (SSSR count). The van der Waals surface area contributed by atoms with Crippen molar-refractivity contribution in [3.8, 4) is 0 Å². The molecule has 3 aromatic carbocycles. The third-order valence-electron chi connectivity index (χ3n) is 5.98. The zero-order valence-corrected chi connectivity index (χ0v) is 19.2. The molecule has 6 heteroatoms. The number of nitrogens with one attached hydrogen (secondary N) is 1. The van der Waals surface area contributed by atoms with Gasteiger partial charge in [-0.15, -0.1) is 0 Å². The van der Waals surface area contributed by atoms with Crippen molar-refractivity contribution < 1.29 is 13.2 Å². The van der Waals surface area contributed by atoms with Crippen LogP contribution in [0.25, 0.3) is 0 Å². The molecule has 0 aliphatic carbocycles. The minimum absolute atomic E-state index is 0.0773. The van der Waals surface area contributed by atoms with Crippen LogP contribution in [0.5, 0.6) is 0 Å². The summed E-state index contributed by atoms with van der Waals surface area (Å²) in [5.41, 5.74) is 5.17. The minimum Gasteiger partial charge on any atom is -0.352 e. The van der Waals surface area contributed by atoms with Gasteiger partial charge in [0.05, 0.1) is 10.9 Å². The van der Waals surface area contributed by atoms with Crippen molar-refractivity contribution in [1.29, 1.82) is 0 Å². The molecular weight excluding hydrogens is 420 g/mol. The highest BCUT2D eigenvalue weighted by molar-refractivity contribution is 7.89. The van der Waals surface area contributed by atoms with Crippen LogP contribution in [0, 0.1) is 13.8 Å². The van der Waals surface area contributed by atoms with Crippen LogP contribution in [0.15, 0.2) is 77.7 Å². The van der Waals surface area contributed by atoms with Gasteiger partial charge in [-0.25, -0.2) is 8.42 Å². The van der Waals surface area contributed by atoms with E-state index in [1.165, 1.54) is 4.31 Å². The molecule has 1 aliphatic heterocycles. The molecule has 1 amide bonds. The Kier molecular flexibility index (Phi) is 6.44. The summed E-state index contributed by atoms with van der Waals surface area (Å²) in [6, 6.07) is 22.1. The van der Waals surface area contributed by atoms with E-state index in [1.807, 2.05) is 62.4 Å². The van der Waals surface area contributed by atoms with Gasteiger partial charge < -0.3 is 5.32 Å². The third-order valence-corrected chi connectivity index (χ3v) is 7.90. The van der Waals surface area contributed by atoms with Crippen LogP contribution in [0.1, 0.15) is 40.3 Å². The molecule has 3 aromatic rings. The Labute approximate surface area is 190 Å². The molecule has 1 N–H and O–H groups in total. The Hall–Kier alpha value is -2.96. The second-order valence-electron chi connectivity index (χ2n) is 8.36. The Bertz CT molecular complexity index is 1200. The number of rotatable bonds is 6. The zero-order valence-electron chi connectivity index (χ0n) is 18.4. The maximum absolute atomic E-state index is 13.5. The quantitative estimate of drug-likeness (QED) is 0.612. The fourth-order valence-corrected chi connectivity index (χ4v) is 5.73. The van der Waals surface area contributed by atoms with E-state index in [0.717, 1.165) is 27.8 Å². The van der Waals surface area contributed by atoms with Crippen molar-refractivity contribution in [1.82, 2.24) is 9.62 Å². The Balaban J connectivity index is 1.58. The Morgan fingerprint density at radius 1 is 0.938 bits per heavy atom. The molecule has 0 fully saturated rings. The van der Waals surface area contributed by atoms with Gasteiger partial charge in [0.25, 0.3) is 0 Å². The average Bonchev–Trinajstić information content (AvgIpc) is 2.79. The number of carbonyl (C=O) groups is 1. The van der Waals surface area contributed by atoms with Crippen LogP contribution in [-0.4, -0.2) is 25.2 Å². The van der Waals surface area contributed by atoms with Crippen LogP contribution in [0.4, 0.5) is 0 Å². The molecule has 0 saturated heterocycles. The highest BCUT2D eigenvalue weighted by atomic mass is 32.2. The van der Waals surface area contributed by atoms with Gasteiger partial charge in [0, 0.05) is 19.5 Å². The van der Waals surface area contributed by atoms with E-state index in [9.17, 15) is 13.2 Å². The van der Waals surface area contributed by atoms with Crippen LogP contribution in [0.3, 0.4) is 0 Å². The number of nitrogens with zero attached hydrogens (tertiary/aromatic N) is 1. The summed E-state index contributed by atoms with van der Waals surface area (Å²) in [4.78, 5) is 13.1. The molecule has 0 radical (unpaired) electrons. The van der Waals surface area contributed by atoms with Gasteiger partial charge in [-0.1, -0.05) is 71.8 Å². The summed E-state index contributed by atoms with van der Waals surface area (Å²) in [6.45, 7) is 4.71. The number of hydrogen-bond acceptors (Lipinski definition) is 3. The van der Waals surface area contributed by atoms with E-state index >= 15 is 0 Å². The number of benzene rings is 3. The van der Waals surface area contributed by atoms with Gasteiger partial charge in [-0.2, -0.15) is 4.31 Å². The number of amides is 1. The number of carbonyl (C=O) groups excluding carboxylic acids is 1. The van der Waals surface area contributed by atoms with Crippen molar-refractivity contribution in [3.05, 3.63) is 101 Å². The van der Waals surface area contributed by atoms with Crippen LogP contribution >= 0.6 is 0 Å². The molecular formula is C26H28N2O3S. The van der Waals surface area contributed by atoms with E-state index in [0.29, 0.717) is 19.5 Å². The van der Waals surface area contributed by atoms with Crippen LogP contribution in [0.2, 0.25) is 0 Å². The molecule has 1 atom stereocenters. The van der Waals surface area contributed by atoms with Crippen molar-refractivity contribution in [2.75, 3.05) is 6.54 Å². The largest absolute Gasteiger partial charge is 0.352 e. The molecule has 0 bridgehead atoms. The molecule has 1 aliphatic rings. The number of sulfonamides is 1. The Morgan fingerprint density at radius 3 is 2.25 bits per heavy atom. The van der Waals surface area contributed by atoms with Crippen molar-refractivity contribution in [2.45, 2.75) is 44.2 Å². The van der Waals surface area contributed by atoms with Crippen LogP contribution < -0.4 is 5.32 Å². The third kappa shape index (κ3) is 4.76. The van der Waals surface area contributed by atoms with E-state index in [-0.39, 0.29) is 17.2 Å². The maximum Gasteiger partial charge on any atom is 0.243 e. The van der Waals surface area contributed by atoms with Crippen molar-refractivity contribution in [3.63, 3.8) is 0 Å². The van der Waals surface area contributed by atoms with E-state index in [2.05, 4.69) is 5.32 Å². The van der Waals surface area contributed by atoms with Gasteiger partial charge >= 0.3 is 0 Å². The molecule has 166 valence electrons. The number of hydrogen-bond donors (Lipinski definition) is 1. The zero-order chi connectivity index (χ0) is 22.7. The highest BCUT2D eigenvalue weighted by Gasteiger charge is 2.37. The molecule has 0 saturated carbocycles. The van der Waals surface area contributed by atoms with E-state index in [1.54, 1.807) is 24.3 Å². The molecule has 0 spiro atoms. The molecule has 1 heterocycles. The van der Waals surface area contributed by atoms with Crippen molar-refractivity contribution in [2.24, 2.45) is 0 Å². The molecule has 32 heavy (non-hydrogen) atoms. The first-order chi connectivity index (χ1) is 15.3. The van der Waals surface area contributed by atoms with Gasteiger partial charge in [0.1, 0.15) is 0 Å². The topological polar surface area (TPSA) is 66.5 Å². The normalized spacial score (nSPS) is 16.4. The summed E-state index contributed by atoms with van der Waals surface area (Å²) in [7, 11) is -3.73. The minimum atomic E-state index is -3.73. The van der Waals surface area contributed by atoms with Gasteiger partial charge in [-0.3, -0.25) is 4.79 Å². The first-order valence-corrected chi connectivity index (χ1v) is 12.3. The lowest BCUT2D eigenvalue weighted by Crippen LogP contribution is -2.42. The lowest BCUT2D eigenvalue weighted by atomic mass is 9.92. The molecule has 0 unspecified atom stereocenters. The predicted molar refractivity (Wildman–Crippen MR) is 126 cm³/mol. The summed E-state index contributed by atoms with van der Waals surface area (Å²) in [6.07, 6.45) is 0.705. The Morgan fingerprint density at radius 2 is 1.56 bits per heavy atom. The summed E-state index contributed by atoms with van der Waals surface area (Å²) >= 11 is 0. The first kappa shape index (κ1) is 22.2. The lowest BCUT2D eigenvalue weighted by Gasteiger charge is -2.36. The SMILES string of the molecule is Cc1ccc(CNC(=O)C[C@H]2c3ccccc3CCN2S(=O)(=O)c2ccc(C)cc2)cc1. The number of fused-ring (bicyclic) bond motifs is 1. The van der Waals surface area contributed by atoms with Gasteiger partial charge in [0.2, 0.25) is 15.9 Å². The molecule has 0 aromatic heterocycles. The van der Waals surface area contributed by atoms with Gasteiger partial charge in [0.15, 0.2) is 0 Å². The predicted octanol–water partition coefficient (Wildman–Crippen LogP) is 4.30. The lowest BCUT2D eigenvalue weighted by molar-refractivity contribution is -0.122. The second kappa shape index (κ2) is 9.27. The monoisotopic (exact) mass is 448 g/mol. The summed E-state index contributed by atoms with van der Waals surface area (Å²) < 4.78 is 28.5. The van der Waals surface area contributed by atoms with Crippen molar-refractivity contribution >= 4 is 15.9 Å². The number of aryl methyl sites for hydroxylation is 2. The summed E-state index contributed by atoms with van der Waals surface area (Å²) in [5.74, 6) is -0.170. The van der Waals surface area contributed by atoms with Crippen LogP contribution in [-0.2, 0) is 27.8 Å². The fraction of sp³-hybridized carbons (Fsp3) is 0.269. The maximum atomic E-state index is 13.5. The summed E-state index contributed by atoms with van der Waals surface area (Å²) in [5, 5.41) is 2.96. The smallest absolute Gasteiger partial charge is 0.243 e. The van der Waals surface area contributed by atoms with Gasteiger partial charge in [-0.05, 0) is 49.1 Å². The van der Waals surface area contributed by atoms with E-state index < -0.39 is 16.1 Å². The fourth-order valence-electron chi connectivity index (χ4n) is 4.13. The highest BCUT2D eigenvalue weighted by Crippen LogP contribution is 2.36. The first-order valence-electron chi connectivity index (χ1n) is 10.8. The standard InChI is InChI=1S/C26H28N2O3S/c1-19-7-11-21(12-8-19)18-27-26(29)17-25-24-6-4-3-5-22(24)15-16-28(25)32(30,31)23-13-9-20(2)10-14-23/h3-14,25H,15-18H2,1-2H3,(H,27,29)/t25-/m0/s1. The second-order valence-corrected chi connectivity index (χ2v) is 10.3. The van der Waals surface area contributed by atoms with E-state index in [4.69, 9.17) is 0 Å². The molecule has 5 nitrogen and oxygen atoms in total. The average molecular weight is 449 g/mol.